The third kappa shape index (κ3) is 1.20. The van der Waals surface area contributed by atoms with E-state index in [4.69, 9.17) is 0 Å². The molecule has 84 valence electrons. The molecule has 0 fully saturated rings. The molecule has 0 bridgehead atoms. The van der Waals surface area contributed by atoms with Crippen molar-refractivity contribution in [2.45, 2.75) is 0 Å². The summed E-state index contributed by atoms with van der Waals surface area (Å²) in [5.74, 6) is 0. The molecule has 2 aliphatic rings. The second kappa shape index (κ2) is 3.43. The van der Waals surface area contributed by atoms with Gasteiger partial charge in [-0.25, -0.2) is 0 Å². The van der Waals surface area contributed by atoms with E-state index in [1.165, 1.54) is 0 Å². The van der Waals surface area contributed by atoms with E-state index < -0.39 is 0 Å². The SMILES string of the molecule is C1=c2c(cccc2=C2N=Nc3ccccc32)N=N1. The average Bonchev–Trinajstić information content (AvgIpc) is 3.05. The summed E-state index contributed by atoms with van der Waals surface area (Å²) in [4.78, 5) is 0. The molecule has 0 aromatic heterocycles. The smallest absolute Gasteiger partial charge is 0.103 e. The second-order valence-electron chi connectivity index (χ2n) is 4.15. The molecule has 0 spiro atoms. The molecule has 0 radical (unpaired) electrons. The van der Waals surface area contributed by atoms with Crippen molar-refractivity contribution in [3.8, 4) is 0 Å². The van der Waals surface area contributed by atoms with E-state index in [0.29, 0.717) is 0 Å². The molecule has 2 aromatic carbocycles. The first-order valence-electron chi connectivity index (χ1n) is 5.69. The first-order chi connectivity index (χ1) is 8.93. The predicted molar refractivity (Wildman–Crippen MR) is 68.1 cm³/mol. The maximum absolute atomic E-state index is 4.29. The molecule has 4 nitrogen and oxygen atoms in total. The van der Waals surface area contributed by atoms with Gasteiger partial charge in [0.25, 0.3) is 0 Å². The van der Waals surface area contributed by atoms with Gasteiger partial charge >= 0.3 is 0 Å². The minimum absolute atomic E-state index is 0.889. The molecule has 0 aliphatic carbocycles. The summed E-state index contributed by atoms with van der Waals surface area (Å²) in [5.41, 5.74) is 3.76. The van der Waals surface area contributed by atoms with Crippen molar-refractivity contribution in [3.63, 3.8) is 0 Å². The molecule has 2 aromatic rings. The van der Waals surface area contributed by atoms with E-state index in [1.54, 1.807) is 6.20 Å². The van der Waals surface area contributed by atoms with Gasteiger partial charge in [0.2, 0.25) is 0 Å². The van der Waals surface area contributed by atoms with Gasteiger partial charge in [-0.05, 0) is 12.1 Å². The Morgan fingerprint density at radius 3 is 2.61 bits per heavy atom. The number of rotatable bonds is 0. The normalized spacial score (nSPS) is 17.6. The number of fused-ring (bicyclic) bond motifs is 2. The largest absolute Gasteiger partial charge is 0.158 e. The summed E-state index contributed by atoms with van der Waals surface area (Å²) < 4.78 is 0. The number of benzene rings is 2. The van der Waals surface area contributed by atoms with Crippen LogP contribution in [0.4, 0.5) is 11.4 Å². The molecule has 4 heteroatoms. The highest BCUT2D eigenvalue weighted by Gasteiger charge is 2.15. The lowest BCUT2D eigenvalue weighted by Crippen LogP contribution is -2.25. The van der Waals surface area contributed by atoms with Crippen LogP contribution in [0.1, 0.15) is 5.56 Å². The van der Waals surface area contributed by atoms with Crippen molar-refractivity contribution in [2.75, 3.05) is 0 Å². The first kappa shape index (κ1) is 9.41. The van der Waals surface area contributed by atoms with Crippen LogP contribution in [-0.4, -0.2) is 0 Å². The van der Waals surface area contributed by atoms with Gasteiger partial charge in [0, 0.05) is 16.0 Å². The number of hydrogen-bond donors (Lipinski definition) is 0. The fourth-order valence-corrected chi connectivity index (χ4v) is 2.25. The van der Waals surface area contributed by atoms with Crippen molar-refractivity contribution in [1.29, 1.82) is 0 Å². The zero-order valence-electron chi connectivity index (χ0n) is 9.41. The molecule has 2 aliphatic heterocycles. The van der Waals surface area contributed by atoms with Crippen molar-refractivity contribution in [3.05, 3.63) is 58.5 Å². The molecule has 4 rings (SSSR count). The van der Waals surface area contributed by atoms with Gasteiger partial charge < -0.3 is 0 Å². The quantitative estimate of drug-likeness (QED) is 0.670. The Labute approximate surface area is 103 Å². The van der Waals surface area contributed by atoms with Crippen LogP contribution in [0.3, 0.4) is 0 Å². The van der Waals surface area contributed by atoms with Gasteiger partial charge in [0.05, 0.1) is 17.6 Å². The molecule has 18 heavy (non-hydrogen) atoms. The maximum atomic E-state index is 4.29. The molecule has 0 saturated heterocycles. The topological polar surface area (TPSA) is 49.4 Å². The summed E-state index contributed by atoms with van der Waals surface area (Å²) in [6, 6.07) is 13.9. The molecule has 0 atom stereocenters. The van der Waals surface area contributed by atoms with Gasteiger partial charge in [-0.1, -0.05) is 30.3 Å². The van der Waals surface area contributed by atoms with Crippen molar-refractivity contribution in [2.24, 2.45) is 20.5 Å². The number of hydrogen-bond acceptors (Lipinski definition) is 4. The van der Waals surface area contributed by atoms with Crippen molar-refractivity contribution >= 4 is 23.3 Å². The number of nitrogens with zero attached hydrogens (tertiary/aromatic N) is 4. The lowest BCUT2D eigenvalue weighted by molar-refractivity contribution is 1.29. The summed E-state index contributed by atoms with van der Waals surface area (Å²) in [6.45, 7) is 0. The lowest BCUT2D eigenvalue weighted by atomic mass is 10.1. The first-order valence-corrected chi connectivity index (χ1v) is 5.69. The highest BCUT2D eigenvalue weighted by Crippen LogP contribution is 2.32. The molecule has 0 unspecified atom stereocenters. The molecule has 0 N–H and O–H groups in total. The third-order valence-electron chi connectivity index (χ3n) is 3.11. The average molecular weight is 232 g/mol. The van der Waals surface area contributed by atoms with E-state index in [-0.39, 0.29) is 0 Å². The summed E-state index contributed by atoms with van der Waals surface area (Å²) in [7, 11) is 0. The Morgan fingerprint density at radius 2 is 1.61 bits per heavy atom. The van der Waals surface area contributed by atoms with E-state index in [9.17, 15) is 0 Å². The summed E-state index contributed by atoms with van der Waals surface area (Å²) in [6.07, 6.45) is 1.77. The highest BCUT2D eigenvalue weighted by molar-refractivity contribution is 5.77. The Balaban J connectivity index is 2.15. The summed E-state index contributed by atoms with van der Waals surface area (Å²) >= 11 is 0. The minimum atomic E-state index is 0.889. The number of azo groups is 2. The third-order valence-corrected chi connectivity index (χ3v) is 3.11. The Hall–Kier alpha value is -2.62. The monoisotopic (exact) mass is 232 g/mol. The highest BCUT2D eigenvalue weighted by atomic mass is 15.1. The van der Waals surface area contributed by atoms with E-state index in [2.05, 4.69) is 20.5 Å². The molecule has 0 saturated carbocycles. The lowest BCUT2D eigenvalue weighted by Gasteiger charge is -1.97. The van der Waals surface area contributed by atoms with Crippen LogP contribution in [0, 0.1) is 0 Å². The molecule has 2 heterocycles. The van der Waals surface area contributed by atoms with Gasteiger partial charge in [-0.15, -0.1) is 10.2 Å². The van der Waals surface area contributed by atoms with Crippen LogP contribution < -0.4 is 10.4 Å². The second-order valence-corrected chi connectivity index (χ2v) is 4.15. The maximum Gasteiger partial charge on any atom is 0.103 e. The van der Waals surface area contributed by atoms with Crippen LogP contribution in [0.2, 0.25) is 0 Å². The fraction of sp³-hybridized carbons (Fsp3) is 0. The standard InChI is InChI=1S/C14H8N4/c1-2-6-12-10(4-1)14(18-17-12)9-5-3-7-13-11(9)8-15-16-13/h1-8H. The van der Waals surface area contributed by atoms with Crippen LogP contribution in [0.25, 0.3) is 11.9 Å². The zero-order valence-corrected chi connectivity index (χ0v) is 9.41. The minimum Gasteiger partial charge on any atom is -0.158 e. The van der Waals surface area contributed by atoms with Crippen molar-refractivity contribution < 1.29 is 0 Å². The Bertz CT molecular complexity index is 831. The Kier molecular flexibility index (Phi) is 1.80. The molecule has 0 amide bonds. The van der Waals surface area contributed by atoms with E-state index >= 15 is 0 Å². The predicted octanol–water partition coefficient (Wildman–Crippen LogP) is 2.78. The van der Waals surface area contributed by atoms with Gasteiger partial charge in [0.1, 0.15) is 5.70 Å². The van der Waals surface area contributed by atoms with Gasteiger partial charge in [-0.2, -0.15) is 10.2 Å². The fourth-order valence-electron chi connectivity index (χ4n) is 2.25. The van der Waals surface area contributed by atoms with Crippen LogP contribution >= 0.6 is 0 Å². The molecular weight excluding hydrogens is 224 g/mol. The van der Waals surface area contributed by atoms with E-state index in [0.717, 1.165) is 33.1 Å². The van der Waals surface area contributed by atoms with Crippen LogP contribution in [0.5, 0.6) is 0 Å². The summed E-state index contributed by atoms with van der Waals surface area (Å²) in [5, 5.41) is 18.6. The van der Waals surface area contributed by atoms with E-state index in [1.807, 2.05) is 42.5 Å². The van der Waals surface area contributed by atoms with Crippen LogP contribution in [0.15, 0.2) is 62.9 Å². The zero-order chi connectivity index (χ0) is 11.9. The van der Waals surface area contributed by atoms with Crippen LogP contribution in [-0.2, 0) is 0 Å². The van der Waals surface area contributed by atoms with Gasteiger partial charge in [0.15, 0.2) is 0 Å². The molecular formula is C14H8N4. The van der Waals surface area contributed by atoms with Crippen molar-refractivity contribution in [1.82, 2.24) is 0 Å². The Morgan fingerprint density at radius 1 is 0.722 bits per heavy atom. The van der Waals surface area contributed by atoms with Gasteiger partial charge in [-0.3, -0.25) is 0 Å².